The standard InChI is InChI=1S/C16H19BrN2O2/c1-3-8-18-10-12-9-13(17)11-19-16(12)21-15-7-5-4-6-14(15)20-2/h4-7,9,11,18H,3,8,10H2,1-2H3. The first kappa shape index (κ1) is 15.8. The van der Waals surface area contributed by atoms with Crippen LogP contribution in [0.1, 0.15) is 18.9 Å². The summed E-state index contributed by atoms with van der Waals surface area (Å²) in [5, 5.41) is 3.36. The van der Waals surface area contributed by atoms with Crippen LogP contribution in [0.3, 0.4) is 0 Å². The molecule has 0 saturated carbocycles. The van der Waals surface area contributed by atoms with E-state index in [0.717, 1.165) is 23.0 Å². The Morgan fingerprint density at radius 3 is 2.71 bits per heavy atom. The number of nitrogens with zero attached hydrogens (tertiary/aromatic N) is 1. The SMILES string of the molecule is CCCNCc1cc(Br)cnc1Oc1ccccc1OC. The van der Waals surface area contributed by atoms with E-state index < -0.39 is 0 Å². The summed E-state index contributed by atoms with van der Waals surface area (Å²) in [6.45, 7) is 3.81. The molecule has 1 heterocycles. The summed E-state index contributed by atoms with van der Waals surface area (Å²) < 4.78 is 12.2. The minimum absolute atomic E-state index is 0.589. The molecule has 1 N–H and O–H groups in total. The maximum absolute atomic E-state index is 5.92. The molecule has 1 aromatic carbocycles. The van der Waals surface area contributed by atoms with Crippen molar-refractivity contribution in [2.75, 3.05) is 13.7 Å². The fourth-order valence-corrected chi connectivity index (χ4v) is 2.27. The lowest BCUT2D eigenvalue weighted by Crippen LogP contribution is -2.14. The lowest BCUT2D eigenvalue weighted by atomic mass is 10.2. The summed E-state index contributed by atoms with van der Waals surface area (Å²) in [6.07, 6.45) is 2.82. The third kappa shape index (κ3) is 4.44. The highest BCUT2D eigenvalue weighted by molar-refractivity contribution is 9.10. The molecule has 112 valence electrons. The van der Waals surface area contributed by atoms with Crippen molar-refractivity contribution in [3.8, 4) is 17.4 Å². The number of pyridine rings is 1. The second kappa shape index (κ2) is 8.00. The fraction of sp³-hybridized carbons (Fsp3) is 0.312. The molecular formula is C16H19BrN2O2. The lowest BCUT2D eigenvalue weighted by molar-refractivity contribution is 0.372. The summed E-state index contributed by atoms with van der Waals surface area (Å²) >= 11 is 3.45. The van der Waals surface area contributed by atoms with Gasteiger partial charge in [0.25, 0.3) is 0 Å². The molecule has 0 spiro atoms. The molecule has 5 heteroatoms. The number of rotatable bonds is 7. The molecule has 0 aliphatic carbocycles. The average molecular weight is 351 g/mol. The first-order valence-corrected chi connectivity index (χ1v) is 7.70. The smallest absolute Gasteiger partial charge is 0.223 e. The average Bonchev–Trinajstić information content (AvgIpc) is 2.50. The number of aromatic nitrogens is 1. The van der Waals surface area contributed by atoms with Crippen LogP contribution in [-0.2, 0) is 6.54 Å². The first-order valence-electron chi connectivity index (χ1n) is 6.90. The molecule has 0 amide bonds. The van der Waals surface area contributed by atoms with Gasteiger partial charge in [0.2, 0.25) is 5.88 Å². The third-order valence-corrected chi connectivity index (χ3v) is 3.34. The zero-order chi connectivity index (χ0) is 15.1. The zero-order valence-corrected chi connectivity index (χ0v) is 13.8. The molecule has 0 fully saturated rings. The Morgan fingerprint density at radius 1 is 1.24 bits per heavy atom. The van der Waals surface area contributed by atoms with Gasteiger partial charge in [0.05, 0.1) is 7.11 Å². The highest BCUT2D eigenvalue weighted by Gasteiger charge is 2.10. The van der Waals surface area contributed by atoms with Crippen molar-refractivity contribution in [3.63, 3.8) is 0 Å². The van der Waals surface area contributed by atoms with Gasteiger partial charge in [-0.25, -0.2) is 4.98 Å². The van der Waals surface area contributed by atoms with Gasteiger partial charge in [-0.05, 0) is 47.1 Å². The van der Waals surface area contributed by atoms with Crippen molar-refractivity contribution in [1.82, 2.24) is 10.3 Å². The Hall–Kier alpha value is -1.59. The van der Waals surface area contributed by atoms with E-state index >= 15 is 0 Å². The molecule has 0 atom stereocenters. The van der Waals surface area contributed by atoms with Gasteiger partial charge in [-0.15, -0.1) is 0 Å². The van der Waals surface area contributed by atoms with Crippen molar-refractivity contribution in [3.05, 3.63) is 46.6 Å². The highest BCUT2D eigenvalue weighted by atomic mass is 79.9. The Balaban J connectivity index is 2.22. The van der Waals surface area contributed by atoms with E-state index in [-0.39, 0.29) is 0 Å². The van der Waals surface area contributed by atoms with Crippen molar-refractivity contribution in [2.24, 2.45) is 0 Å². The van der Waals surface area contributed by atoms with E-state index in [1.54, 1.807) is 13.3 Å². The second-order valence-electron chi connectivity index (χ2n) is 4.55. The first-order chi connectivity index (χ1) is 10.2. The van der Waals surface area contributed by atoms with Gasteiger partial charge >= 0.3 is 0 Å². The number of para-hydroxylation sites is 2. The van der Waals surface area contributed by atoms with E-state index in [1.807, 2.05) is 30.3 Å². The summed E-state index contributed by atoms with van der Waals surface area (Å²) in [5.74, 6) is 1.94. The van der Waals surface area contributed by atoms with Crippen molar-refractivity contribution < 1.29 is 9.47 Å². The summed E-state index contributed by atoms with van der Waals surface area (Å²) in [5.41, 5.74) is 1.00. The van der Waals surface area contributed by atoms with E-state index in [0.29, 0.717) is 23.9 Å². The summed E-state index contributed by atoms with van der Waals surface area (Å²) in [6, 6.07) is 9.56. The number of hydrogen-bond donors (Lipinski definition) is 1. The van der Waals surface area contributed by atoms with Gasteiger partial charge in [0.15, 0.2) is 11.5 Å². The van der Waals surface area contributed by atoms with Gasteiger partial charge in [-0.3, -0.25) is 0 Å². The number of benzene rings is 1. The Bertz CT molecular complexity index is 590. The second-order valence-corrected chi connectivity index (χ2v) is 5.46. The molecule has 4 nitrogen and oxygen atoms in total. The van der Waals surface area contributed by atoms with Crippen LogP contribution >= 0.6 is 15.9 Å². The van der Waals surface area contributed by atoms with Crippen LogP contribution in [-0.4, -0.2) is 18.6 Å². The topological polar surface area (TPSA) is 43.4 Å². The van der Waals surface area contributed by atoms with E-state index in [1.165, 1.54) is 0 Å². The van der Waals surface area contributed by atoms with Gasteiger partial charge < -0.3 is 14.8 Å². The maximum Gasteiger partial charge on any atom is 0.223 e. The summed E-state index contributed by atoms with van der Waals surface area (Å²) in [7, 11) is 1.63. The normalized spacial score (nSPS) is 10.4. The van der Waals surface area contributed by atoms with Crippen LogP contribution in [0.15, 0.2) is 41.0 Å². The van der Waals surface area contributed by atoms with Crippen LogP contribution in [0.4, 0.5) is 0 Å². The van der Waals surface area contributed by atoms with Crippen LogP contribution < -0.4 is 14.8 Å². The van der Waals surface area contributed by atoms with Crippen molar-refractivity contribution >= 4 is 15.9 Å². The monoisotopic (exact) mass is 350 g/mol. The van der Waals surface area contributed by atoms with E-state index in [2.05, 4.69) is 33.2 Å². The molecule has 0 aliphatic rings. The predicted octanol–water partition coefficient (Wildman–Crippen LogP) is 4.14. The van der Waals surface area contributed by atoms with Gasteiger partial charge in [-0.2, -0.15) is 0 Å². The summed E-state index contributed by atoms with van der Waals surface area (Å²) in [4.78, 5) is 4.36. The Labute approximate surface area is 133 Å². The molecule has 2 rings (SSSR count). The van der Waals surface area contributed by atoms with Gasteiger partial charge in [0.1, 0.15) is 0 Å². The molecule has 0 radical (unpaired) electrons. The van der Waals surface area contributed by atoms with Crippen LogP contribution in [0, 0.1) is 0 Å². The zero-order valence-electron chi connectivity index (χ0n) is 12.2. The maximum atomic E-state index is 5.92. The number of methoxy groups -OCH3 is 1. The minimum Gasteiger partial charge on any atom is -0.493 e. The number of hydrogen-bond acceptors (Lipinski definition) is 4. The molecule has 2 aromatic rings. The molecule has 0 saturated heterocycles. The van der Waals surface area contributed by atoms with E-state index in [9.17, 15) is 0 Å². The minimum atomic E-state index is 0.589. The third-order valence-electron chi connectivity index (χ3n) is 2.91. The number of nitrogens with one attached hydrogen (secondary N) is 1. The molecule has 0 bridgehead atoms. The predicted molar refractivity (Wildman–Crippen MR) is 87.0 cm³/mol. The highest BCUT2D eigenvalue weighted by Crippen LogP contribution is 2.32. The largest absolute Gasteiger partial charge is 0.493 e. The Morgan fingerprint density at radius 2 is 2.00 bits per heavy atom. The lowest BCUT2D eigenvalue weighted by Gasteiger charge is -2.13. The molecule has 0 aliphatic heterocycles. The Kier molecular flexibility index (Phi) is 6.02. The molecular weight excluding hydrogens is 332 g/mol. The molecule has 1 aromatic heterocycles. The van der Waals surface area contributed by atoms with Crippen LogP contribution in [0.25, 0.3) is 0 Å². The van der Waals surface area contributed by atoms with Gasteiger partial charge in [-0.1, -0.05) is 19.1 Å². The fourth-order valence-electron chi connectivity index (χ4n) is 1.89. The number of ether oxygens (including phenoxy) is 2. The van der Waals surface area contributed by atoms with Crippen LogP contribution in [0.2, 0.25) is 0 Å². The van der Waals surface area contributed by atoms with Gasteiger partial charge in [0, 0.05) is 22.8 Å². The number of halogens is 1. The van der Waals surface area contributed by atoms with E-state index in [4.69, 9.17) is 9.47 Å². The molecule has 0 unspecified atom stereocenters. The van der Waals surface area contributed by atoms with Crippen LogP contribution in [0.5, 0.6) is 17.4 Å². The van der Waals surface area contributed by atoms with Crippen molar-refractivity contribution in [1.29, 1.82) is 0 Å². The molecule has 21 heavy (non-hydrogen) atoms. The van der Waals surface area contributed by atoms with Crippen molar-refractivity contribution in [2.45, 2.75) is 19.9 Å². The quantitative estimate of drug-likeness (QED) is 0.762.